The van der Waals surface area contributed by atoms with Crippen LogP contribution in [0.4, 0.5) is 0 Å². The van der Waals surface area contributed by atoms with Crippen LogP contribution in [0.15, 0.2) is 24.5 Å². The molecule has 0 unspecified atom stereocenters. The first-order valence-electron chi connectivity index (χ1n) is 5.34. The maximum absolute atomic E-state index is 11.8. The van der Waals surface area contributed by atoms with Crippen LogP contribution in [0.1, 0.15) is 19.4 Å². The van der Waals surface area contributed by atoms with E-state index in [9.17, 15) is 4.79 Å². The van der Waals surface area contributed by atoms with E-state index in [0.717, 1.165) is 6.42 Å². The fourth-order valence-electron chi connectivity index (χ4n) is 1.44. The molecule has 0 radical (unpaired) electrons. The summed E-state index contributed by atoms with van der Waals surface area (Å²) in [5.74, 6) is -0.0402. The normalized spacial score (nSPS) is 10.0. The molecule has 0 aliphatic rings. The quantitative estimate of drug-likeness (QED) is 0.919. The third-order valence-corrected chi connectivity index (χ3v) is 2.38. The van der Waals surface area contributed by atoms with Crippen molar-refractivity contribution in [2.45, 2.75) is 25.8 Å². The number of rotatable bonds is 4. The minimum absolute atomic E-state index is 0. The van der Waals surface area contributed by atoms with Crippen LogP contribution in [0.2, 0.25) is 0 Å². The van der Waals surface area contributed by atoms with E-state index in [1.165, 1.54) is 5.56 Å². The van der Waals surface area contributed by atoms with Crippen LogP contribution >= 0.6 is 24.8 Å². The first kappa shape index (κ1) is 19.5. The van der Waals surface area contributed by atoms with Gasteiger partial charge in [0.1, 0.15) is 0 Å². The van der Waals surface area contributed by atoms with Crippen molar-refractivity contribution in [3.05, 3.63) is 30.1 Å². The fraction of sp³-hybridized carbons (Fsp3) is 0.500. The van der Waals surface area contributed by atoms with E-state index in [1.54, 1.807) is 38.2 Å². The summed E-state index contributed by atoms with van der Waals surface area (Å²) in [4.78, 5) is 17.4. The average Bonchev–Trinajstić information content (AvgIpc) is 2.25. The number of nitrogens with zero attached hydrogens (tertiary/aromatic N) is 2. The highest BCUT2D eigenvalue weighted by Crippen LogP contribution is 2.04. The molecule has 0 fully saturated rings. The largest absolute Gasteiger partial charge is 0.344 e. The predicted octanol–water partition coefficient (Wildman–Crippen LogP) is 1.66. The summed E-state index contributed by atoms with van der Waals surface area (Å²) < 4.78 is 0. The molecule has 18 heavy (non-hydrogen) atoms. The van der Waals surface area contributed by atoms with E-state index in [-0.39, 0.29) is 30.7 Å². The molecule has 0 saturated heterocycles. The molecule has 0 aliphatic heterocycles. The van der Waals surface area contributed by atoms with Crippen LogP contribution in [-0.4, -0.2) is 34.9 Å². The number of carbonyl (C=O) groups is 1. The molecule has 104 valence electrons. The van der Waals surface area contributed by atoms with Crippen LogP contribution in [0.25, 0.3) is 0 Å². The fourth-order valence-corrected chi connectivity index (χ4v) is 1.44. The number of nitrogens with two attached hydrogens (primary N) is 1. The summed E-state index contributed by atoms with van der Waals surface area (Å²) >= 11 is 0. The summed E-state index contributed by atoms with van der Waals surface area (Å²) in [5.41, 5.74) is 6.12. The van der Waals surface area contributed by atoms with Crippen molar-refractivity contribution in [2.75, 3.05) is 13.6 Å². The summed E-state index contributed by atoms with van der Waals surface area (Å²) in [5, 5.41) is 0. The Bertz CT molecular complexity index is 352. The number of aromatic nitrogens is 1. The Kier molecular flexibility index (Phi) is 8.99. The molecular weight excluding hydrogens is 273 g/mol. The van der Waals surface area contributed by atoms with Crippen LogP contribution in [-0.2, 0) is 11.2 Å². The number of carbonyl (C=O) groups excluding carboxylic acids is 1. The second-order valence-electron chi connectivity index (χ2n) is 4.55. The van der Waals surface area contributed by atoms with Crippen LogP contribution < -0.4 is 5.73 Å². The Hall–Kier alpha value is -0.840. The molecular formula is C12H21Cl2N3O. The van der Waals surface area contributed by atoms with E-state index >= 15 is 0 Å². The zero-order chi connectivity index (χ0) is 12.2. The first-order chi connectivity index (χ1) is 7.41. The number of hydrogen-bond acceptors (Lipinski definition) is 3. The highest BCUT2D eigenvalue weighted by molar-refractivity contribution is 5.85. The van der Waals surface area contributed by atoms with Crippen molar-refractivity contribution in [3.63, 3.8) is 0 Å². The number of likely N-dealkylation sites (N-methyl/N-ethyl adjacent to an activating group) is 1. The van der Waals surface area contributed by atoms with Crippen molar-refractivity contribution >= 4 is 30.7 Å². The highest BCUT2D eigenvalue weighted by Gasteiger charge is 2.25. The van der Waals surface area contributed by atoms with Gasteiger partial charge in [0.2, 0.25) is 5.91 Å². The van der Waals surface area contributed by atoms with Crippen molar-refractivity contribution in [1.29, 1.82) is 0 Å². The van der Waals surface area contributed by atoms with Gasteiger partial charge in [-0.05, 0) is 38.0 Å². The average molecular weight is 294 g/mol. The number of pyridine rings is 1. The Balaban J connectivity index is 0. The van der Waals surface area contributed by atoms with E-state index in [2.05, 4.69) is 4.98 Å². The highest BCUT2D eigenvalue weighted by atomic mass is 35.5. The van der Waals surface area contributed by atoms with Crippen LogP contribution in [0.5, 0.6) is 0 Å². The summed E-state index contributed by atoms with van der Waals surface area (Å²) in [6.07, 6.45) is 4.33. The minimum Gasteiger partial charge on any atom is -0.344 e. The molecule has 2 N–H and O–H groups in total. The maximum atomic E-state index is 11.8. The lowest BCUT2D eigenvalue weighted by molar-refractivity contribution is -0.134. The summed E-state index contributed by atoms with van der Waals surface area (Å²) in [6.45, 7) is 4.11. The van der Waals surface area contributed by atoms with Crippen molar-refractivity contribution in [2.24, 2.45) is 5.73 Å². The van der Waals surface area contributed by atoms with Gasteiger partial charge in [-0.15, -0.1) is 24.8 Å². The molecule has 1 aromatic heterocycles. The van der Waals surface area contributed by atoms with E-state index in [0.29, 0.717) is 6.54 Å². The zero-order valence-corrected chi connectivity index (χ0v) is 12.6. The second kappa shape index (κ2) is 8.29. The van der Waals surface area contributed by atoms with Crippen molar-refractivity contribution in [1.82, 2.24) is 9.88 Å². The predicted molar refractivity (Wildman–Crippen MR) is 78.3 cm³/mol. The molecule has 0 spiro atoms. The Labute approximate surface area is 121 Å². The van der Waals surface area contributed by atoms with Gasteiger partial charge in [0, 0.05) is 26.0 Å². The van der Waals surface area contributed by atoms with E-state index in [4.69, 9.17) is 5.73 Å². The monoisotopic (exact) mass is 293 g/mol. The lowest BCUT2D eigenvalue weighted by Crippen LogP contribution is -2.50. The zero-order valence-electron chi connectivity index (χ0n) is 10.9. The third kappa shape index (κ3) is 6.19. The van der Waals surface area contributed by atoms with Gasteiger partial charge in [-0.2, -0.15) is 0 Å². The summed E-state index contributed by atoms with van der Waals surface area (Å²) in [6, 6.07) is 3.90. The lowest BCUT2D eigenvalue weighted by Gasteiger charge is -2.25. The van der Waals surface area contributed by atoms with Gasteiger partial charge in [-0.25, -0.2) is 0 Å². The van der Waals surface area contributed by atoms with Gasteiger partial charge in [-0.3, -0.25) is 9.78 Å². The molecule has 4 nitrogen and oxygen atoms in total. The molecule has 0 aromatic carbocycles. The standard InChI is InChI=1S/C12H19N3O.2ClH/c1-12(2,13)11(16)15(3)9-6-10-4-7-14-8-5-10;;/h4-5,7-8H,6,9,13H2,1-3H3;2*1H. The van der Waals surface area contributed by atoms with Crippen molar-refractivity contribution in [3.8, 4) is 0 Å². The maximum Gasteiger partial charge on any atom is 0.241 e. The van der Waals surface area contributed by atoms with Gasteiger partial charge >= 0.3 is 0 Å². The molecule has 0 saturated carbocycles. The van der Waals surface area contributed by atoms with Crippen LogP contribution in [0.3, 0.4) is 0 Å². The molecule has 1 amide bonds. The van der Waals surface area contributed by atoms with Gasteiger partial charge in [-0.1, -0.05) is 0 Å². The van der Waals surface area contributed by atoms with Crippen molar-refractivity contribution < 1.29 is 4.79 Å². The summed E-state index contributed by atoms with van der Waals surface area (Å²) in [7, 11) is 1.78. The minimum atomic E-state index is -0.799. The molecule has 1 aromatic rings. The molecule has 1 rings (SSSR count). The van der Waals surface area contributed by atoms with Gasteiger partial charge < -0.3 is 10.6 Å². The Morgan fingerprint density at radius 3 is 2.28 bits per heavy atom. The molecule has 6 heteroatoms. The third-order valence-electron chi connectivity index (χ3n) is 2.38. The van der Waals surface area contributed by atoms with Gasteiger partial charge in [0.05, 0.1) is 5.54 Å². The Morgan fingerprint density at radius 2 is 1.83 bits per heavy atom. The number of amides is 1. The second-order valence-corrected chi connectivity index (χ2v) is 4.55. The molecule has 0 aliphatic carbocycles. The van der Waals surface area contributed by atoms with E-state index < -0.39 is 5.54 Å². The number of hydrogen-bond donors (Lipinski definition) is 1. The molecule has 1 heterocycles. The Morgan fingerprint density at radius 1 is 1.33 bits per heavy atom. The smallest absolute Gasteiger partial charge is 0.241 e. The molecule has 0 atom stereocenters. The molecule has 0 bridgehead atoms. The lowest BCUT2D eigenvalue weighted by atomic mass is 10.1. The van der Waals surface area contributed by atoms with Crippen LogP contribution in [0, 0.1) is 0 Å². The topological polar surface area (TPSA) is 59.2 Å². The number of halogens is 2. The van der Waals surface area contributed by atoms with Gasteiger partial charge in [0.25, 0.3) is 0 Å². The van der Waals surface area contributed by atoms with E-state index in [1.807, 2.05) is 12.1 Å². The first-order valence-corrected chi connectivity index (χ1v) is 5.34. The SMILES string of the molecule is CN(CCc1ccncc1)C(=O)C(C)(C)N.Cl.Cl. The van der Waals surface area contributed by atoms with Gasteiger partial charge in [0.15, 0.2) is 0 Å².